The van der Waals surface area contributed by atoms with E-state index in [0.29, 0.717) is 5.69 Å². The molecule has 4 nitrogen and oxygen atoms in total. The molecule has 90 valence electrons. The number of nitro groups is 1. The second kappa shape index (κ2) is 5.14. The molecule has 2 rings (SSSR count). The minimum atomic E-state index is -0.405. The summed E-state index contributed by atoms with van der Waals surface area (Å²) in [6, 6.07) is 13.9. The van der Waals surface area contributed by atoms with Crippen LogP contribution in [-0.2, 0) is 0 Å². The second-order valence-electron chi connectivity index (χ2n) is 3.86. The number of nitrogens with two attached hydrogens (primary N) is 1. The van der Waals surface area contributed by atoms with Crippen molar-refractivity contribution < 1.29 is 4.92 Å². The molecule has 0 bridgehead atoms. The van der Waals surface area contributed by atoms with E-state index in [1.807, 2.05) is 42.5 Å². The van der Waals surface area contributed by atoms with Gasteiger partial charge in [-0.15, -0.1) is 0 Å². The number of hydrogen-bond acceptors (Lipinski definition) is 3. The van der Waals surface area contributed by atoms with Crippen LogP contribution in [0.5, 0.6) is 0 Å². The van der Waals surface area contributed by atoms with E-state index < -0.39 is 4.92 Å². The largest absolute Gasteiger partial charge is 0.399 e. The van der Waals surface area contributed by atoms with Crippen molar-refractivity contribution in [2.75, 3.05) is 5.73 Å². The van der Waals surface area contributed by atoms with E-state index in [0.717, 1.165) is 11.1 Å². The molecule has 2 aromatic rings. The molecule has 0 fully saturated rings. The molecule has 0 saturated carbocycles. The molecule has 2 aromatic carbocycles. The standard InChI is InChI=1S/C14H12N2O2/c15-13-5-1-3-11(9-13)7-8-12-4-2-6-14(10-12)16(17)18/h1-10H,15H2. The molecule has 0 unspecified atom stereocenters. The second-order valence-corrected chi connectivity index (χ2v) is 3.86. The minimum Gasteiger partial charge on any atom is -0.399 e. The van der Waals surface area contributed by atoms with Crippen LogP contribution >= 0.6 is 0 Å². The van der Waals surface area contributed by atoms with Crippen molar-refractivity contribution in [2.24, 2.45) is 0 Å². The molecule has 0 aliphatic heterocycles. The van der Waals surface area contributed by atoms with Crippen molar-refractivity contribution in [3.05, 3.63) is 69.8 Å². The summed E-state index contributed by atoms with van der Waals surface area (Å²) in [5.74, 6) is 0. The van der Waals surface area contributed by atoms with Crippen LogP contribution < -0.4 is 5.73 Å². The first-order chi connectivity index (χ1) is 8.65. The number of nitrogen functional groups attached to an aromatic ring is 1. The zero-order chi connectivity index (χ0) is 13.0. The van der Waals surface area contributed by atoms with Crippen LogP contribution in [0.3, 0.4) is 0 Å². The lowest BCUT2D eigenvalue weighted by Crippen LogP contribution is -1.87. The summed E-state index contributed by atoms with van der Waals surface area (Å²) in [5, 5.41) is 10.6. The Morgan fingerprint density at radius 1 is 1.00 bits per heavy atom. The Hall–Kier alpha value is -2.62. The smallest absolute Gasteiger partial charge is 0.270 e. The van der Waals surface area contributed by atoms with Gasteiger partial charge in [-0.2, -0.15) is 0 Å². The Morgan fingerprint density at radius 3 is 2.22 bits per heavy atom. The lowest BCUT2D eigenvalue weighted by atomic mass is 10.1. The van der Waals surface area contributed by atoms with E-state index in [9.17, 15) is 10.1 Å². The molecule has 0 amide bonds. The predicted molar refractivity (Wildman–Crippen MR) is 72.9 cm³/mol. The molecule has 2 N–H and O–H groups in total. The zero-order valence-electron chi connectivity index (χ0n) is 9.61. The van der Waals surface area contributed by atoms with Crippen molar-refractivity contribution in [1.29, 1.82) is 0 Å². The molecule has 4 heteroatoms. The van der Waals surface area contributed by atoms with Crippen molar-refractivity contribution in [3.63, 3.8) is 0 Å². The number of nitro benzene ring substituents is 1. The van der Waals surface area contributed by atoms with E-state index >= 15 is 0 Å². The number of nitrogens with zero attached hydrogens (tertiary/aromatic N) is 1. The maximum atomic E-state index is 10.6. The topological polar surface area (TPSA) is 69.2 Å². The number of anilines is 1. The molecule has 18 heavy (non-hydrogen) atoms. The van der Waals surface area contributed by atoms with Crippen LogP contribution in [0.4, 0.5) is 11.4 Å². The Balaban J connectivity index is 2.23. The summed E-state index contributed by atoms with van der Waals surface area (Å²) >= 11 is 0. The van der Waals surface area contributed by atoms with Gasteiger partial charge in [0.25, 0.3) is 5.69 Å². The van der Waals surface area contributed by atoms with Gasteiger partial charge < -0.3 is 5.73 Å². The van der Waals surface area contributed by atoms with Gasteiger partial charge in [0.15, 0.2) is 0 Å². The molecule has 0 saturated heterocycles. The highest BCUT2D eigenvalue weighted by Gasteiger charge is 2.03. The predicted octanol–water partition coefficient (Wildman–Crippen LogP) is 3.35. The van der Waals surface area contributed by atoms with Crippen LogP contribution in [0, 0.1) is 10.1 Å². The van der Waals surface area contributed by atoms with Gasteiger partial charge in [0.05, 0.1) is 4.92 Å². The van der Waals surface area contributed by atoms with Gasteiger partial charge in [-0.05, 0) is 23.3 Å². The highest BCUT2D eigenvalue weighted by molar-refractivity contribution is 5.71. The van der Waals surface area contributed by atoms with Gasteiger partial charge in [-0.25, -0.2) is 0 Å². The Labute approximate surface area is 105 Å². The highest BCUT2D eigenvalue weighted by atomic mass is 16.6. The molecule has 0 heterocycles. The van der Waals surface area contributed by atoms with Crippen LogP contribution in [0.1, 0.15) is 11.1 Å². The molecular formula is C14H12N2O2. The third kappa shape index (κ3) is 2.95. The van der Waals surface area contributed by atoms with Crippen molar-refractivity contribution in [2.45, 2.75) is 0 Å². The molecule has 0 spiro atoms. The fourth-order valence-electron chi connectivity index (χ4n) is 1.60. The van der Waals surface area contributed by atoms with Gasteiger partial charge in [-0.3, -0.25) is 10.1 Å². The normalized spacial score (nSPS) is 10.7. The minimum absolute atomic E-state index is 0.0877. The van der Waals surface area contributed by atoms with Crippen molar-refractivity contribution in [3.8, 4) is 0 Å². The lowest BCUT2D eigenvalue weighted by Gasteiger charge is -1.97. The summed E-state index contributed by atoms with van der Waals surface area (Å²) < 4.78 is 0. The SMILES string of the molecule is Nc1cccc(C=Cc2cccc([N+](=O)[O-])c2)c1. The van der Waals surface area contributed by atoms with Crippen LogP contribution in [-0.4, -0.2) is 4.92 Å². The summed E-state index contributed by atoms with van der Waals surface area (Å²) in [6.07, 6.45) is 3.69. The van der Waals surface area contributed by atoms with Gasteiger partial charge >= 0.3 is 0 Å². The van der Waals surface area contributed by atoms with E-state index in [4.69, 9.17) is 5.73 Å². The van der Waals surface area contributed by atoms with Crippen LogP contribution in [0.2, 0.25) is 0 Å². The fraction of sp³-hybridized carbons (Fsp3) is 0. The first-order valence-corrected chi connectivity index (χ1v) is 5.43. The van der Waals surface area contributed by atoms with Crippen molar-refractivity contribution in [1.82, 2.24) is 0 Å². The highest BCUT2D eigenvalue weighted by Crippen LogP contribution is 2.16. The number of benzene rings is 2. The maximum Gasteiger partial charge on any atom is 0.270 e. The molecule has 0 aromatic heterocycles. The zero-order valence-corrected chi connectivity index (χ0v) is 9.61. The fourth-order valence-corrected chi connectivity index (χ4v) is 1.60. The Bertz CT molecular complexity index is 606. The van der Waals surface area contributed by atoms with Gasteiger partial charge in [0, 0.05) is 17.8 Å². The first kappa shape index (κ1) is 11.9. The van der Waals surface area contributed by atoms with Crippen molar-refractivity contribution >= 4 is 23.5 Å². The molecule has 0 aliphatic carbocycles. The third-order valence-corrected chi connectivity index (χ3v) is 2.46. The van der Waals surface area contributed by atoms with E-state index in [1.54, 1.807) is 6.07 Å². The molecular weight excluding hydrogens is 228 g/mol. The number of hydrogen-bond donors (Lipinski definition) is 1. The van der Waals surface area contributed by atoms with Gasteiger partial charge in [-0.1, -0.05) is 36.4 Å². The maximum absolute atomic E-state index is 10.6. The van der Waals surface area contributed by atoms with Gasteiger partial charge in [0.1, 0.15) is 0 Å². The molecule has 0 aliphatic rings. The summed E-state index contributed by atoms with van der Waals surface area (Å²) in [4.78, 5) is 10.2. The van der Waals surface area contributed by atoms with Crippen LogP contribution in [0.15, 0.2) is 48.5 Å². The number of rotatable bonds is 3. The van der Waals surface area contributed by atoms with E-state index in [-0.39, 0.29) is 5.69 Å². The molecule has 0 atom stereocenters. The summed E-state index contributed by atoms with van der Waals surface area (Å²) in [5.41, 5.74) is 8.19. The first-order valence-electron chi connectivity index (χ1n) is 5.43. The third-order valence-electron chi connectivity index (χ3n) is 2.46. The van der Waals surface area contributed by atoms with E-state index in [2.05, 4.69) is 0 Å². The lowest BCUT2D eigenvalue weighted by molar-refractivity contribution is -0.384. The van der Waals surface area contributed by atoms with Crippen LogP contribution in [0.25, 0.3) is 12.2 Å². The quantitative estimate of drug-likeness (QED) is 0.387. The average Bonchev–Trinajstić information content (AvgIpc) is 2.37. The Kier molecular flexibility index (Phi) is 3.38. The molecule has 0 radical (unpaired) electrons. The Morgan fingerprint density at radius 2 is 1.61 bits per heavy atom. The number of non-ortho nitro benzene ring substituents is 1. The average molecular weight is 240 g/mol. The van der Waals surface area contributed by atoms with Gasteiger partial charge in [0.2, 0.25) is 0 Å². The summed E-state index contributed by atoms with van der Waals surface area (Å²) in [6.45, 7) is 0. The van der Waals surface area contributed by atoms with E-state index in [1.165, 1.54) is 12.1 Å². The monoisotopic (exact) mass is 240 g/mol. The summed E-state index contributed by atoms with van der Waals surface area (Å²) in [7, 11) is 0.